The Balaban J connectivity index is 1.67. The van der Waals surface area contributed by atoms with Crippen LogP contribution in [0.3, 0.4) is 0 Å². The molecule has 2 aromatic rings. The number of aromatic nitrogens is 1. The van der Waals surface area contributed by atoms with Crippen LogP contribution in [0.25, 0.3) is 0 Å². The molecule has 1 aromatic heterocycles. The minimum absolute atomic E-state index is 0.0964. The van der Waals surface area contributed by atoms with Crippen molar-refractivity contribution >= 4 is 11.6 Å². The number of anilines is 1. The molecule has 2 N–H and O–H groups in total. The van der Waals surface area contributed by atoms with Crippen molar-refractivity contribution in [2.75, 3.05) is 31.7 Å². The van der Waals surface area contributed by atoms with Crippen LogP contribution in [0, 0.1) is 0 Å². The van der Waals surface area contributed by atoms with Crippen molar-refractivity contribution in [3.05, 3.63) is 42.1 Å². The number of hydrogen-bond donors (Lipinski definition) is 2. The van der Waals surface area contributed by atoms with Crippen molar-refractivity contribution < 1.29 is 27.4 Å². The first kappa shape index (κ1) is 21.5. The Labute approximate surface area is 172 Å². The van der Waals surface area contributed by atoms with Crippen molar-refractivity contribution in [1.29, 1.82) is 0 Å². The van der Waals surface area contributed by atoms with E-state index in [1.165, 1.54) is 12.3 Å². The lowest BCUT2D eigenvalue weighted by molar-refractivity contribution is -0.154. The Morgan fingerprint density at radius 1 is 1.17 bits per heavy atom. The van der Waals surface area contributed by atoms with E-state index in [1.807, 2.05) is 25.1 Å². The molecule has 1 aromatic carbocycles. The van der Waals surface area contributed by atoms with E-state index in [4.69, 9.17) is 9.47 Å². The average Bonchev–Trinajstić information content (AvgIpc) is 2.95. The zero-order valence-corrected chi connectivity index (χ0v) is 16.5. The van der Waals surface area contributed by atoms with Crippen LogP contribution in [0.1, 0.15) is 18.9 Å². The lowest BCUT2D eigenvalue weighted by Gasteiger charge is -2.14. The fraction of sp³-hybridized carbons (Fsp3) is 0.400. The number of aliphatic imine (C=N–C) groups is 1. The molecular weight excluding hydrogens is 401 g/mol. The van der Waals surface area contributed by atoms with E-state index >= 15 is 0 Å². The maximum atomic E-state index is 12.3. The monoisotopic (exact) mass is 424 g/mol. The summed E-state index contributed by atoms with van der Waals surface area (Å²) in [5, 5.41) is 6.31. The van der Waals surface area contributed by atoms with E-state index in [0.29, 0.717) is 42.8 Å². The fourth-order valence-electron chi connectivity index (χ4n) is 2.64. The van der Waals surface area contributed by atoms with Gasteiger partial charge in [-0.1, -0.05) is 0 Å². The molecule has 0 saturated carbocycles. The average molecular weight is 424 g/mol. The highest BCUT2D eigenvalue weighted by atomic mass is 19.4. The van der Waals surface area contributed by atoms with E-state index in [1.54, 1.807) is 6.07 Å². The smallest absolute Gasteiger partial charge is 0.422 e. The SMILES string of the molecule is CCNC(=NCc1ccnc(OCC(F)(F)F)c1)Nc1ccc2c(c1)OCCCO2. The number of benzene rings is 1. The van der Waals surface area contributed by atoms with Gasteiger partial charge >= 0.3 is 6.18 Å². The van der Waals surface area contributed by atoms with Crippen LogP contribution in [0.5, 0.6) is 17.4 Å². The number of hydrogen-bond acceptors (Lipinski definition) is 5. The summed E-state index contributed by atoms with van der Waals surface area (Å²) in [5.74, 6) is 1.78. The zero-order chi connectivity index (χ0) is 21.4. The van der Waals surface area contributed by atoms with E-state index < -0.39 is 12.8 Å². The fourth-order valence-corrected chi connectivity index (χ4v) is 2.64. The lowest BCUT2D eigenvalue weighted by atomic mass is 10.2. The van der Waals surface area contributed by atoms with E-state index in [2.05, 4.69) is 25.3 Å². The topological polar surface area (TPSA) is 77.0 Å². The van der Waals surface area contributed by atoms with Crippen LogP contribution in [0.4, 0.5) is 18.9 Å². The van der Waals surface area contributed by atoms with Gasteiger partial charge in [0.2, 0.25) is 5.88 Å². The summed E-state index contributed by atoms with van der Waals surface area (Å²) in [4.78, 5) is 8.27. The van der Waals surface area contributed by atoms with Crippen LogP contribution in [-0.4, -0.2) is 43.5 Å². The number of pyridine rings is 1. The molecule has 1 aliphatic heterocycles. The van der Waals surface area contributed by atoms with Gasteiger partial charge in [-0.15, -0.1) is 0 Å². The number of nitrogens with one attached hydrogen (secondary N) is 2. The normalized spacial score (nSPS) is 14.1. The first-order chi connectivity index (χ1) is 14.4. The van der Waals surface area contributed by atoms with Gasteiger partial charge in [-0.3, -0.25) is 0 Å². The molecule has 7 nitrogen and oxygen atoms in total. The minimum Gasteiger partial charge on any atom is -0.490 e. The van der Waals surface area contributed by atoms with E-state index in [9.17, 15) is 13.2 Å². The van der Waals surface area contributed by atoms with Gasteiger partial charge in [0.1, 0.15) is 0 Å². The van der Waals surface area contributed by atoms with E-state index in [0.717, 1.165) is 12.1 Å². The largest absolute Gasteiger partial charge is 0.490 e. The molecule has 0 spiro atoms. The number of rotatable bonds is 6. The zero-order valence-electron chi connectivity index (χ0n) is 16.5. The molecule has 30 heavy (non-hydrogen) atoms. The Hall–Kier alpha value is -3.17. The van der Waals surface area contributed by atoms with Crippen molar-refractivity contribution in [2.24, 2.45) is 4.99 Å². The predicted molar refractivity (Wildman–Crippen MR) is 106 cm³/mol. The highest BCUT2D eigenvalue weighted by Crippen LogP contribution is 2.32. The molecule has 3 rings (SSSR count). The third kappa shape index (κ3) is 6.71. The number of alkyl halides is 3. The minimum atomic E-state index is -4.42. The molecule has 0 amide bonds. The maximum absolute atomic E-state index is 12.3. The molecule has 0 bridgehead atoms. The van der Waals surface area contributed by atoms with Gasteiger partial charge in [-0.05, 0) is 30.7 Å². The predicted octanol–water partition coefficient (Wildman–Crippen LogP) is 3.76. The number of guanidine groups is 1. The summed E-state index contributed by atoms with van der Waals surface area (Å²) in [5.41, 5.74) is 1.43. The van der Waals surface area contributed by atoms with Gasteiger partial charge in [0.05, 0.1) is 19.8 Å². The molecule has 0 unspecified atom stereocenters. The van der Waals surface area contributed by atoms with Gasteiger partial charge in [-0.2, -0.15) is 13.2 Å². The number of ether oxygens (including phenoxy) is 3. The van der Waals surface area contributed by atoms with Crippen molar-refractivity contribution in [3.8, 4) is 17.4 Å². The number of halogens is 3. The van der Waals surface area contributed by atoms with Crippen molar-refractivity contribution in [2.45, 2.75) is 26.1 Å². The van der Waals surface area contributed by atoms with Crippen LogP contribution in [0.15, 0.2) is 41.5 Å². The summed E-state index contributed by atoms with van der Waals surface area (Å²) < 4.78 is 52.9. The van der Waals surface area contributed by atoms with Crippen LogP contribution >= 0.6 is 0 Å². The summed E-state index contributed by atoms with van der Waals surface area (Å²) in [7, 11) is 0. The van der Waals surface area contributed by atoms with Gasteiger partial charge in [0.25, 0.3) is 0 Å². The first-order valence-electron chi connectivity index (χ1n) is 9.52. The second-order valence-electron chi connectivity index (χ2n) is 6.44. The van der Waals surface area contributed by atoms with Crippen molar-refractivity contribution in [1.82, 2.24) is 10.3 Å². The molecule has 0 fully saturated rings. The Morgan fingerprint density at radius 2 is 1.97 bits per heavy atom. The molecule has 2 heterocycles. The Kier molecular flexibility index (Phi) is 7.21. The molecule has 1 aliphatic rings. The quantitative estimate of drug-likeness (QED) is 0.543. The van der Waals surface area contributed by atoms with Gasteiger partial charge in [0, 0.05) is 37.0 Å². The van der Waals surface area contributed by atoms with Gasteiger partial charge in [0.15, 0.2) is 24.1 Å². The lowest BCUT2D eigenvalue weighted by Crippen LogP contribution is -2.30. The number of nitrogens with zero attached hydrogens (tertiary/aromatic N) is 2. The second kappa shape index (κ2) is 10.0. The molecule has 0 saturated heterocycles. The van der Waals surface area contributed by atoms with Gasteiger partial charge < -0.3 is 24.8 Å². The molecule has 0 atom stereocenters. The molecule has 0 radical (unpaired) electrons. The standard InChI is InChI=1S/C20H23F3N4O3/c1-2-24-19(27-15-4-5-16-17(11-15)29-9-3-8-28-16)26-12-14-6-7-25-18(10-14)30-13-20(21,22)23/h4-7,10-11H,2-3,8-9,12-13H2,1H3,(H2,24,26,27). The van der Waals surface area contributed by atoms with E-state index in [-0.39, 0.29) is 12.4 Å². The summed E-state index contributed by atoms with van der Waals surface area (Å²) >= 11 is 0. The highest BCUT2D eigenvalue weighted by Gasteiger charge is 2.28. The van der Waals surface area contributed by atoms with Crippen LogP contribution in [0.2, 0.25) is 0 Å². The molecule has 162 valence electrons. The summed E-state index contributed by atoms with van der Waals surface area (Å²) in [6.45, 7) is 2.61. The maximum Gasteiger partial charge on any atom is 0.422 e. The second-order valence-corrected chi connectivity index (χ2v) is 6.44. The highest BCUT2D eigenvalue weighted by molar-refractivity contribution is 5.93. The third-order valence-corrected chi connectivity index (χ3v) is 3.96. The first-order valence-corrected chi connectivity index (χ1v) is 9.52. The molecule has 0 aliphatic carbocycles. The van der Waals surface area contributed by atoms with Crippen LogP contribution < -0.4 is 24.8 Å². The summed E-state index contributed by atoms with van der Waals surface area (Å²) in [6.07, 6.45) is -2.20. The van der Waals surface area contributed by atoms with Gasteiger partial charge in [-0.25, -0.2) is 9.98 Å². The van der Waals surface area contributed by atoms with Crippen LogP contribution in [-0.2, 0) is 6.54 Å². The molecule has 10 heteroatoms. The Morgan fingerprint density at radius 3 is 2.73 bits per heavy atom. The third-order valence-electron chi connectivity index (χ3n) is 3.96. The molecular formula is C20H23F3N4O3. The summed E-state index contributed by atoms with van der Waals surface area (Å²) in [6, 6.07) is 8.63. The Bertz CT molecular complexity index is 875. The number of fused-ring (bicyclic) bond motifs is 1. The van der Waals surface area contributed by atoms with Crippen molar-refractivity contribution in [3.63, 3.8) is 0 Å².